The average molecular weight is 293 g/mol. The van der Waals surface area contributed by atoms with Crippen molar-refractivity contribution < 1.29 is 0 Å². The van der Waals surface area contributed by atoms with Gasteiger partial charge in [0, 0.05) is 31.2 Å². The number of aromatic nitrogens is 3. The first-order chi connectivity index (χ1) is 8.26. The summed E-state index contributed by atoms with van der Waals surface area (Å²) in [5.74, 6) is 1.51. The van der Waals surface area contributed by atoms with Gasteiger partial charge in [-0.3, -0.25) is 4.98 Å². The standard InChI is InChI=1S/C12H13BrN4/c1-3-8-6-15-5-4-9(8)11-16-7-10(13)12(14-2)17-11/h4-7H,3H2,1-2H3,(H,14,16,17). The Hall–Kier alpha value is -1.49. The summed E-state index contributed by atoms with van der Waals surface area (Å²) >= 11 is 3.40. The molecule has 0 fully saturated rings. The zero-order valence-electron chi connectivity index (χ0n) is 9.74. The van der Waals surface area contributed by atoms with E-state index in [1.807, 2.05) is 19.3 Å². The van der Waals surface area contributed by atoms with Crippen LogP contribution in [0.1, 0.15) is 12.5 Å². The Bertz CT molecular complexity index is 528. The highest BCUT2D eigenvalue weighted by atomic mass is 79.9. The molecule has 0 aromatic carbocycles. The van der Waals surface area contributed by atoms with E-state index in [-0.39, 0.29) is 0 Å². The number of nitrogens with one attached hydrogen (secondary N) is 1. The van der Waals surface area contributed by atoms with Crippen LogP contribution in [-0.4, -0.2) is 22.0 Å². The summed E-state index contributed by atoms with van der Waals surface area (Å²) in [6.07, 6.45) is 6.30. The van der Waals surface area contributed by atoms with Crippen molar-refractivity contribution in [2.75, 3.05) is 12.4 Å². The number of hydrogen-bond acceptors (Lipinski definition) is 4. The monoisotopic (exact) mass is 292 g/mol. The van der Waals surface area contributed by atoms with Crippen molar-refractivity contribution in [3.05, 3.63) is 34.7 Å². The highest BCUT2D eigenvalue weighted by molar-refractivity contribution is 9.10. The molecule has 0 aliphatic carbocycles. The second kappa shape index (κ2) is 5.23. The molecule has 88 valence electrons. The minimum absolute atomic E-state index is 0.719. The van der Waals surface area contributed by atoms with E-state index in [1.165, 1.54) is 0 Å². The molecule has 0 bridgehead atoms. The number of nitrogens with zero attached hydrogens (tertiary/aromatic N) is 3. The van der Waals surface area contributed by atoms with Crippen LogP contribution >= 0.6 is 15.9 Å². The van der Waals surface area contributed by atoms with E-state index in [1.54, 1.807) is 12.4 Å². The number of hydrogen-bond donors (Lipinski definition) is 1. The third-order valence-electron chi connectivity index (χ3n) is 2.51. The number of pyridine rings is 1. The fraction of sp³-hybridized carbons (Fsp3) is 0.250. The average Bonchev–Trinajstić information content (AvgIpc) is 2.39. The zero-order valence-corrected chi connectivity index (χ0v) is 11.3. The Labute approximate surface area is 109 Å². The summed E-state index contributed by atoms with van der Waals surface area (Å²) in [6, 6.07) is 1.95. The molecule has 4 nitrogen and oxygen atoms in total. The van der Waals surface area contributed by atoms with E-state index < -0.39 is 0 Å². The second-order valence-corrected chi connectivity index (χ2v) is 4.38. The van der Waals surface area contributed by atoms with Crippen LogP contribution in [0.4, 0.5) is 5.82 Å². The van der Waals surface area contributed by atoms with Crippen molar-refractivity contribution in [3.63, 3.8) is 0 Å². The van der Waals surface area contributed by atoms with E-state index in [4.69, 9.17) is 0 Å². The van der Waals surface area contributed by atoms with Gasteiger partial charge in [-0.25, -0.2) is 9.97 Å². The van der Waals surface area contributed by atoms with Gasteiger partial charge in [-0.05, 0) is 34.0 Å². The first kappa shape index (κ1) is 12.0. The predicted octanol–water partition coefficient (Wildman–Crippen LogP) is 2.91. The Morgan fingerprint density at radius 3 is 2.88 bits per heavy atom. The van der Waals surface area contributed by atoms with Crippen LogP contribution in [0.2, 0.25) is 0 Å². The lowest BCUT2D eigenvalue weighted by Gasteiger charge is -2.08. The van der Waals surface area contributed by atoms with Gasteiger partial charge >= 0.3 is 0 Å². The van der Waals surface area contributed by atoms with Gasteiger partial charge in [0.05, 0.1) is 4.47 Å². The molecule has 0 saturated carbocycles. The van der Waals surface area contributed by atoms with Gasteiger partial charge in [-0.15, -0.1) is 0 Å². The molecule has 0 saturated heterocycles. The molecular formula is C12H13BrN4. The molecule has 2 aromatic heterocycles. The SMILES string of the molecule is CCc1cnccc1-c1ncc(Br)c(NC)n1. The van der Waals surface area contributed by atoms with Crippen molar-refractivity contribution in [1.29, 1.82) is 0 Å². The van der Waals surface area contributed by atoms with Crippen molar-refractivity contribution in [2.24, 2.45) is 0 Å². The summed E-state index contributed by atoms with van der Waals surface area (Å²) in [5, 5.41) is 3.03. The molecule has 5 heteroatoms. The molecule has 0 aliphatic rings. The van der Waals surface area contributed by atoms with E-state index in [0.29, 0.717) is 0 Å². The van der Waals surface area contributed by atoms with Gasteiger partial charge < -0.3 is 5.32 Å². The van der Waals surface area contributed by atoms with Gasteiger partial charge in [0.2, 0.25) is 0 Å². The van der Waals surface area contributed by atoms with Gasteiger partial charge in [0.15, 0.2) is 5.82 Å². The van der Waals surface area contributed by atoms with Crippen molar-refractivity contribution in [1.82, 2.24) is 15.0 Å². The lowest BCUT2D eigenvalue weighted by molar-refractivity contribution is 1.08. The van der Waals surface area contributed by atoms with E-state index in [0.717, 1.165) is 33.7 Å². The maximum absolute atomic E-state index is 4.47. The summed E-state index contributed by atoms with van der Waals surface area (Å²) in [6.45, 7) is 2.10. The molecule has 0 amide bonds. The molecule has 0 atom stereocenters. The minimum atomic E-state index is 0.719. The number of rotatable bonds is 3. The van der Waals surface area contributed by atoms with Crippen LogP contribution in [0.3, 0.4) is 0 Å². The fourth-order valence-electron chi connectivity index (χ4n) is 1.60. The topological polar surface area (TPSA) is 50.7 Å². The summed E-state index contributed by atoms with van der Waals surface area (Å²) in [5.41, 5.74) is 2.18. The third-order valence-corrected chi connectivity index (χ3v) is 3.09. The molecule has 2 rings (SSSR count). The van der Waals surface area contributed by atoms with Crippen LogP contribution in [-0.2, 0) is 6.42 Å². The molecule has 1 N–H and O–H groups in total. The zero-order chi connectivity index (χ0) is 12.3. The lowest BCUT2D eigenvalue weighted by Crippen LogP contribution is -1.99. The summed E-state index contributed by atoms with van der Waals surface area (Å²) in [7, 11) is 1.84. The molecule has 0 spiro atoms. The normalized spacial score (nSPS) is 10.3. The molecule has 17 heavy (non-hydrogen) atoms. The first-order valence-corrected chi connectivity index (χ1v) is 6.19. The fourth-order valence-corrected chi connectivity index (χ4v) is 1.99. The lowest BCUT2D eigenvalue weighted by atomic mass is 10.1. The van der Waals surface area contributed by atoms with E-state index in [9.17, 15) is 0 Å². The quantitative estimate of drug-likeness (QED) is 0.945. The minimum Gasteiger partial charge on any atom is -0.372 e. The second-order valence-electron chi connectivity index (χ2n) is 3.53. The van der Waals surface area contributed by atoms with Crippen LogP contribution in [0.15, 0.2) is 29.1 Å². The Morgan fingerprint density at radius 1 is 1.35 bits per heavy atom. The largest absolute Gasteiger partial charge is 0.372 e. The summed E-state index contributed by atoms with van der Waals surface area (Å²) in [4.78, 5) is 12.9. The van der Waals surface area contributed by atoms with Crippen molar-refractivity contribution >= 4 is 21.7 Å². The van der Waals surface area contributed by atoms with Gasteiger partial charge in [0.1, 0.15) is 5.82 Å². The molecule has 2 heterocycles. The molecule has 0 radical (unpaired) electrons. The molecule has 0 unspecified atom stereocenters. The number of halogens is 1. The van der Waals surface area contributed by atoms with Crippen LogP contribution in [0.5, 0.6) is 0 Å². The maximum Gasteiger partial charge on any atom is 0.161 e. The van der Waals surface area contributed by atoms with Crippen molar-refractivity contribution in [3.8, 4) is 11.4 Å². The highest BCUT2D eigenvalue weighted by Gasteiger charge is 2.09. The van der Waals surface area contributed by atoms with Crippen LogP contribution in [0.25, 0.3) is 11.4 Å². The summed E-state index contributed by atoms with van der Waals surface area (Å²) < 4.78 is 0.857. The molecular weight excluding hydrogens is 280 g/mol. The van der Waals surface area contributed by atoms with E-state index in [2.05, 4.69) is 43.1 Å². The highest BCUT2D eigenvalue weighted by Crippen LogP contribution is 2.24. The van der Waals surface area contributed by atoms with Crippen LogP contribution < -0.4 is 5.32 Å². The van der Waals surface area contributed by atoms with Gasteiger partial charge in [0.25, 0.3) is 0 Å². The Kier molecular flexibility index (Phi) is 3.68. The molecule has 2 aromatic rings. The predicted molar refractivity (Wildman–Crippen MR) is 71.9 cm³/mol. The van der Waals surface area contributed by atoms with Crippen molar-refractivity contribution in [2.45, 2.75) is 13.3 Å². The number of aryl methyl sites for hydroxylation is 1. The number of anilines is 1. The maximum atomic E-state index is 4.47. The van der Waals surface area contributed by atoms with E-state index >= 15 is 0 Å². The van der Waals surface area contributed by atoms with Gasteiger partial charge in [-0.1, -0.05) is 6.92 Å². The third kappa shape index (κ3) is 2.44. The smallest absolute Gasteiger partial charge is 0.161 e. The Balaban J connectivity index is 2.53. The Morgan fingerprint density at radius 2 is 2.18 bits per heavy atom. The molecule has 0 aliphatic heterocycles. The van der Waals surface area contributed by atoms with Gasteiger partial charge in [-0.2, -0.15) is 0 Å². The first-order valence-electron chi connectivity index (χ1n) is 5.39. The van der Waals surface area contributed by atoms with Crippen LogP contribution in [0, 0.1) is 0 Å².